The molecule has 0 atom stereocenters. The summed E-state index contributed by atoms with van der Waals surface area (Å²) in [7, 11) is 3.68. The molecule has 0 amide bonds. The summed E-state index contributed by atoms with van der Waals surface area (Å²) in [5.41, 5.74) is 3.35. The van der Waals surface area contributed by atoms with Gasteiger partial charge >= 0.3 is 0 Å². The predicted octanol–water partition coefficient (Wildman–Crippen LogP) is 2.21. The van der Waals surface area contributed by atoms with Gasteiger partial charge in [-0.1, -0.05) is 6.92 Å². The molecule has 2 heterocycles. The van der Waals surface area contributed by atoms with Crippen molar-refractivity contribution in [3.8, 4) is 0 Å². The maximum absolute atomic E-state index is 12.4. The van der Waals surface area contributed by atoms with E-state index in [1.165, 1.54) is 0 Å². The zero-order valence-electron chi connectivity index (χ0n) is 11.6. The lowest BCUT2D eigenvalue weighted by atomic mass is 10.1. The molecule has 6 heteroatoms. The third-order valence-electron chi connectivity index (χ3n) is 3.13. The van der Waals surface area contributed by atoms with Gasteiger partial charge in [0.1, 0.15) is 0 Å². The quantitative estimate of drug-likeness (QED) is 0.810. The van der Waals surface area contributed by atoms with Crippen molar-refractivity contribution < 1.29 is 4.79 Å². The molecule has 5 nitrogen and oxygen atoms in total. The Kier molecular flexibility index (Phi) is 3.89. The average molecular weight is 325 g/mol. The van der Waals surface area contributed by atoms with Crippen molar-refractivity contribution in [2.24, 2.45) is 14.1 Å². The summed E-state index contributed by atoms with van der Waals surface area (Å²) in [4.78, 5) is 12.4. The number of aromatic nitrogens is 4. The zero-order valence-corrected chi connectivity index (χ0v) is 13.2. The van der Waals surface area contributed by atoms with E-state index >= 15 is 0 Å². The summed E-state index contributed by atoms with van der Waals surface area (Å²) in [5, 5.41) is 8.61. The van der Waals surface area contributed by atoms with Gasteiger partial charge in [-0.25, -0.2) is 0 Å². The van der Waals surface area contributed by atoms with Crippen LogP contribution in [0.3, 0.4) is 0 Å². The van der Waals surface area contributed by atoms with E-state index in [0.29, 0.717) is 12.0 Å². The first-order valence-electron chi connectivity index (χ1n) is 6.17. The predicted molar refractivity (Wildman–Crippen MR) is 76.3 cm³/mol. The minimum absolute atomic E-state index is 0.0775. The number of carbonyl (C=O) groups excluding carboxylic acids is 1. The first-order chi connectivity index (χ1) is 8.93. The lowest BCUT2D eigenvalue weighted by Gasteiger charge is -2.02. The Hall–Kier alpha value is -1.43. The molecule has 0 spiro atoms. The van der Waals surface area contributed by atoms with Gasteiger partial charge < -0.3 is 0 Å². The first-order valence-corrected chi connectivity index (χ1v) is 6.97. The number of hydrogen-bond donors (Lipinski definition) is 0. The smallest absolute Gasteiger partial charge is 0.172 e. The highest BCUT2D eigenvalue weighted by Crippen LogP contribution is 2.22. The molecule has 2 rings (SSSR count). The van der Waals surface area contributed by atoms with Gasteiger partial charge in [0.25, 0.3) is 0 Å². The standard InChI is InChI=1S/C13H17BrN4O/c1-5-10-9(7-17(3)16-10)12(19)6-11-13(14)8(2)15-18(11)4/h7H,5-6H2,1-4H3. The first kappa shape index (κ1) is 14.0. The van der Waals surface area contributed by atoms with Crippen LogP contribution in [0.4, 0.5) is 0 Å². The highest BCUT2D eigenvalue weighted by molar-refractivity contribution is 9.10. The molecule has 2 aromatic heterocycles. The summed E-state index contributed by atoms with van der Waals surface area (Å²) in [5.74, 6) is 0.0775. The molecule has 0 aromatic carbocycles. The fraction of sp³-hybridized carbons (Fsp3) is 0.462. The van der Waals surface area contributed by atoms with Crippen LogP contribution in [0.5, 0.6) is 0 Å². The molecular formula is C13H17BrN4O. The van der Waals surface area contributed by atoms with Crippen LogP contribution in [0.15, 0.2) is 10.7 Å². The number of rotatable bonds is 4. The highest BCUT2D eigenvalue weighted by Gasteiger charge is 2.19. The van der Waals surface area contributed by atoms with E-state index in [1.807, 2.05) is 27.9 Å². The van der Waals surface area contributed by atoms with Crippen LogP contribution in [-0.4, -0.2) is 25.3 Å². The van der Waals surface area contributed by atoms with Crippen LogP contribution >= 0.6 is 15.9 Å². The Morgan fingerprint density at radius 1 is 1.37 bits per heavy atom. The van der Waals surface area contributed by atoms with E-state index in [-0.39, 0.29) is 5.78 Å². The van der Waals surface area contributed by atoms with Crippen molar-refractivity contribution in [3.63, 3.8) is 0 Å². The van der Waals surface area contributed by atoms with Gasteiger partial charge in [0, 0.05) is 20.3 Å². The molecule has 2 aromatic rings. The lowest BCUT2D eigenvalue weighted by Crippen LogP contribution is -2.09. The van der Waals surface area contributed by atoms with Crippen molar-refractivity contribution in [3.05, 3.63) is 33.3 Å². The number of carbonyl (C=O) groups is 1. The van der Waals surface area contributed by atoms with Crippen LogP contribution in [-0.2, 0) is 26.9 Å². The van der Waals surface area contributed by atoms with Crippen molar-refractivity contribution in [1.82, 2.24) is 19.6 Å². The minimum atomic E-state index is 0.0775. The van der Waals surface area contributed by atoms with E-state index in [1.54, 1.807) is 15.6 Å². The number of Topliss-reactive ketones (excluding diaryl/α,β-unsaturated/α-hetero) is 1. The van der Waals surface area contributed by atoms with E-state index < -0.39 is 0 Å². The number of halogens is 1. The monoisotopic (exact) mass is 324 g/mol. The molecule has 0 saturated carbocycles. The van der Waals surface area contributed by atoms with Gasteiger partial charge in [-0.15, -0.1) is 0 Å². The van der Waals surface area contributed by atoms with E-state index in [9.17, 15) is 4.79 Å². The topological polar surface area (TPSA) is 52.7 Å². The Bertz CT molecular complexity index is 627. The van der Waals surface area contributed by atoms with Gasteiger partial charge in [-0.2, -0.15) is 10.2 Å². The lowest BCUT2D eigenvalue weighted by molar-refractivity contribution is 0.0989. The Balaban J connectivity index is 2.30. The summed E-state index contributed by atoms with van der Waals surface area (Å²) < 4.78 is 4.35. The molecule has 0 aliphatic heterocycles. The van der Waals surface area contributed by atoms with Gasteiger partial charge in [0.05, 0.1) is 33.5 Å². The maximum atomic E-state index is 12.4. The summed E-state index contributed by atoms with van der Waals surface area (Å²) in [6.07, 6.45) is 2.88. The SMILES string of the molecule is CCc1nn(C)cc1C(=O)Cc1c(Br)c(C)nn1C. The van der Waals surface area contributed by atoms with Crippen LogP contribution in [0.2, 0.25) is 0 Å². The molecule has 0 N–H and O–H groups in total. The van der Waals surface area contributed by atoms with E-state index in [4.69, 9.17) is 0 Å². The largest absolute Gasteiger partial charge is 0.294 e. The van der Waals surface area contributed by atoms with Crippen molar-refractivity contribution in [1.29, 1.82) is 0 Å². The second-order valence-corrected chi connectivity index (χ2v) is 5.38. The van der Waals surface area contributed by atoms with Crippen LogP contribution in [0, 0.1) is 6.92 Å². The highest BCUT2D eigenvalue weighted by atomic mass is 79.9. The van der Waals surface area contributed by atoms with Gasteiger partial charge in [-0.3, -0.25) is 14.2 Å². The number of nitrogens with zero attached hydrogens (tertiary/aromatic N) is 4. The molecule has 0 fully saturated rings. The third kappa shape index (κ3) is 2.63. The number of hydrogen-bond acceptors (Lipinski definition) is 3. The molecule has 0 bridgehead atoms. The van der Waals surface area contributed by atoms with Gasteiger partial charge in [0.15, 0.2) is 5.78 Å². The molecule has 102 valence electrons. The second-order valence-electron chi connectivity index (χ2n) is 4.59. The molecular weight excluding hydrogens is 308 g/mol. The van der Waals surface area contributed by atoms with Crippen molar-refractivity contribution >= 4 is 21.7 Å². The van der Waals surface area contributed by atoms with Crippen LogP contribution in [0.25, 0.3) is 0 Å². The third-order valence-corrected chi connectivity index (χ3v) is 4.16. The number of aryl methyl sites for hydroxylation is 4. The Morgan fingerprint density at radius 3 is 2.58 bits per heavy atom. The zero-order chi connectivity index (χ0) is 14.2. The van der Waals surface area contributed by atoms with Gasteiger partial charge in [-0.05, 0) is 29.3 Å². The summed E-state index contributed by atoms with van der Waals surface area (Å²) in [6.45, 7) is 3.92. The Morgan fingerprint density at radius 2 is 2.05 bits per heavy atom. The van der Waals surface area contributed by atoms with Crippen LogP contribution < -0.4 is 0 Å². The molecule has 0 aliphatic carbocycles. The van der Waals surface area contributed by atoms with Crippen LogP contribution in [0.1, 0.15) is 34.4 Å². The summed E-state index contributed by atoms with van der Waals surface area (Å²) in [6, 6.07) is 0. The fourth-order valence-corrected chi connectivity index (χ4v) is 2.62. The van der Waals surface area contributed by atoms with Gasteiger partial charge in [0.2, 0.25) is 0 Å². The normalized spacial score (nSPS) is 11.0. The van der Waals surface area contributed by atoms with Crippen molar-refractivity contribution in [2.75, 3.05) is 0 Å². The molecule has 0 radical (unpaired) electrons. The molecule has 19 heavy (non-hydrogen) atoms. The van der Waals surface area contributed by atoms with E-state index in [0.717, 1.165) is 28.0 Å². The summed E-state index contributed by atoms with van der Waals surface area (Å²) >= 11 is 3.49. The van der Waals surface area contributed by atoms with E-state index in [2.05, 4.69) is 26.1 Å². The molecule has 0 unspecified atom stereocenters. The Labute approximate surface area is 120 Å². The fourth-order valence-electron chi connectivity index (χ4n) is 2.15. The van der Waals surface area contributed by atoms with Crippen molar-refractivity contribution in [2.45, 2.75) is 26.7 Å². The second kappa shape index (κ2) is 5.28. The average Bonchev–Trinajstić information content (AvgIpc) is 2.85. The molecule has 0 saturated heterocycles. The maximum Gasteiger partial charge on any atom is 0.172 e. The molecule has 0 aliphatic rings. The minimum Gasteiger partial charge on any atom is -0.294 e. The number of ketones is 1.